The molecule has 3 N–H and O–H groups in total. The molecule has 7 nitrogen and oxygen atoms in total. The van der Waals surface area contributed by atoms with Gasteiger partial charge >= 0.3 is 0 Å². The lowest BCUT2D eigenvalue weighted by atomic mass is 9.66. The number of benzene rings is 1. The highest BCUT2D eigenvalue weighted by Gasteiger charge is 2.77. The highest BCUT2D eigenvalue weighted by atomic mass is 32.2. The fraction of sp³-hybridized carbons (Fsp3) is 0.640. The van der Waals surface area contributed by atoms with Crippen LogP contribution in [0.2, 0.25) is 0 Å². The molecule has 0 saturated carbocycles. The van der Waals surface area contributed by atoms with Crippen LogP contribution in [-0.4, -0.2) is 62.0 Å². The molecular formula is C25H35N3O4S. The number of carbonyl (C=O) groups is 3. The standard InChI is InChI=1S/C25H35N3O4S/c1-5-17(14-29)28-20(22(31)27-15(2)3)25-12-11-24(4,33-25)18(19(25)23(28)32)21(30)26-13-16-9-7-6-8-10-16/h6-10,15,17-20,29H,5,11-14H2,1-4H3,(H,26,30)(H,27,31)/t17-,18-,19-,20?,24+,25?/m0/s1. The first-order valence-corrected chi connectivity index (χ1v) is 12.8. The lowest BCUT2D eigenvalue weighted by Crippen LogP contribution is -2.57. The number of thioether (sulfide) groups is 1. The summed E-state index contributed by atoms with van der Waals surface area (Å²) in [4.78, 5) is 42.5. The van der Waals surface area contributed by atoms with E-state index in [0.717, 1.165) is 12.0 Å². The third kappa shape index (κ3) is 3.85. The van der Waals surface area contributed by atoms with Gasteiger partial charge in [0.05, 0.1) is 29.2 Å². The van der Waals surface area contributed by atoms with E-state index in [9.17, 15) is 19.5 Å². The summed E-state index contributed by atoms with van der Waals surface area (Å²) in [5.74, 6) is -1.57. The van der Waals surface area contributed by atoms with Gasteiger partial charge in [-0.05, 0) is 45.6 Å². The van der Waals surface area contributed by atoms with Crippen LogP contribution in [0, 0.1) is 11.8 Å². The maximum Gasteiger partial charge on any atom is 0.244 e. The highest BCUT2D eigenvalue weighted by Crippen LogP contribution is 2.71. The molecule has 0 aromatic heterocycles. The Morgan fingerprint density at radius 1 is 1.21 bits per heavy atom. The van der Waals surface area contributed by atoms with Gasteiger partial charge in [-0.25, -0.2) is 0 Å². The maximum absolute atomic E-state index is 13.9. The minimum atomic E-state index is -0.687. The van der Waals surface area contributed by atoms with Gasteiger partial charge in [0, 0.05) is 17.3 Å². The van der Waals surface area contributed by atoms with E-state index in [0.29, 0.717) is 19.4 Å². The van der Waals surface area contributed by atoms with E-state index < -0.39 is 33.4 Å². The quantitative estimate of drug-likeness (QED) is 0.537. The Morgan fingerprint density at radius 3 is 2.52 bits per heavy atom. The number of nitrogens with one attached hydrogen (secondary N) is 2. The summed E-state index contributed by atoms with van der Waals surface area (Å²) in [5.41, 5.74) is 1.00. The molecule has 1 aromatic carbocycles. The summed E-state index contributed by atoms with van der Waals surface area (Å²) >= 11 is 1.65. The average molecular weight is 474 g/mol. The minimum absolute atomic E-state index is 0.0664. The van der Waals surface area contributed by atoms with Crippen molar-refractivity contribution >= 4 is 29.5 Å². The summed E-state index contributed by atoms with van der Waals surface area (Å²) in [6, 6.07) is 8.52. The third-order valence-electron chi connectivity index (χ3n) is 7.56. The van der Waals surface area contributed by atoms with Gasteiger partial charge in [-0.1, -0.05) is 37.3 Å². The summed E-state index contributed by atoms with van der Waals surface area (Å²) in [6.45, 7) is 7.97. The van der Waals surface area contributed by atoms with E-state index >= 15 is 0 Å². The fourth-order valence-corrected chi connectivity index (χ4v) is 8.47. The zero-order valence-electron chi connectivity index (χ0n) is 19.8. The van der Waals surface area contributed by atoms with Crippen molar-refractivity contribution in [3.05, 3.63) is 35.9 Å². The molecule has 3 amide bonds. The van der Waals surface area contributed by atoms with Crippen LogP contribution in [-0.2, 0) is 20.9 Å². The van der Waals surface area contributed by atoms with Crippen molar-refractivity contribution in [1.29, 1.82) is 0 Å². The van der Waals surface area contributed by atoms with Gasteiger partial charge in [-0.3, -0.25) is 14.4 Å². The topological polar surface area (TPSA) is 98.7 Å². The van der Waals surface area contributed by atoms with Gasteiger partial charge in [-0.15, -0.1) is 11.8 Å². The first-order chi connectivity index (χ1) is 15.7. The number of nitrogens with zero attached hydrogens (tertiary/aromatic N) is 1. The van der Waals surface area contributed by atoms with Crippen molar-refractivity contribution in [1.82, 2.24) is 15.5 Å². The third-order valence-corrected chi connectivity index (χ3v) is 9.55. The lowest BCUT2D eigenvalue weighted by Gasteiger charge is -2.37. The van der Waals surface area contributed by atoms with Crippen LogP contribution in [0.15, 0.2) is 30.3 Å². The molecule has 0 radical (unpaired) electrons. The Bertz CT molecular complexity index is 921. The van der Waals surface area contributed by atoms with Gasteiger partial charge < -0.3 is 20.6 Å². The normalized spacial score (nSPS) is 33.3. The molecule has 6 atom stereocenters. The van der Waals surface area contributed by atoms with Crippen LogP contribution in [0.4, 0.5) is 0 Å². The van der Waals surface area contributed by atoms with Gasteiger partial charge in [0.15, 0.2) is 0 Å². The molecule has 8 heteroatoms. The number of hydrogen-bond acceptors (Lipinski definition) is 5. The molecule has 3 fully saturated rings. The maximum atomic E-state index is 13.9. The van der Waals surface area contributed by atoms with Crippen LogP contribution in [0.3, 0.4) is 0 Å². The molecule has 1 aromatic rings. The van der Waals surface area contributed by atoms with Crippen LogP contribution in [0.1, 0.15) is 52.5 Å². The molecule has 3 aliphatic heterocycles. The second-order valence-electron chi connectivity index (χ2n) is 10.1. The van der Waals surface area contributed by atoms with Gasteiger partial charge in [0.1, 0.15) is 6.04 Å². The van der Waals surface area contributed by atoms with Gasteiger partial charge in [-0.2, -0.15) is 0 Å². The Kier molecular flexibility index (Phi) is 6.53. The van der Waals surface area contributed by atoms with Crippen molar-refractivity contribution in [3.63, 3.8) is 0 Å². The molecule has 2 unspecified atom stereocenters. The summed E-state index contributed by atoms with van der Waals surface area (Å²) in [7, 11) is 0. The number of fused-ring (bicyclic) bond motifs is 1. The number of likely N-dealkylation sites (tertiary alicyclic amines) is 1. The van der Waals surface area contributed by atoms with E-state index in [4.69, 9.17) is 0 Å². The minimum Gasteiger partial charge on any atom is -0.394 e. The van der Waals surface area contributed by atoms with Crippen LogP contribution in [0.25, 0.3) is 0 Å². The first-order valence-electron chi connectivity index (χ1n) is 11.9. The zero-order valence-corrected chi connectivity index (χ0v) is 20.7. The predicted octanol–water partition coefficient (Wildman–Crippen LogP) is 2.08. The summed E-state index contributed by atoms with van der Waals surface area (Å²) < 4.78 is -1.05. The lowest BCUT2D eigenvalue weighted by molar-refractivity contribution is -0.143. The van der Waals surface area contributed by atoms with E-state index in [2.05, 4.69) is 17.6 Å². The molecule has 1 spiro atoms. The average Bonchev–Trinajstić information content (AvgIpc) is 3.34. The molecule has 0 aliphatic carbocycles. The van der Waals surface area contributed by atoms with Crippen LogP contribution in [0.5, 0.6) is 0 Å². The number of aliphatic hydroxyl groups is 1. The Labute approximate surface area is 200 Å². The molecule has 3 aliphatic rings. The highest BCUT2D eigenvalue weighted by molar-refractivity contribution is 8.02. The number of rotatable bonds is 8. The Balaban J connectivity index is 1.68. The molecule has 3 saturated heterocycles. The number of aliphatic hydroxyl groups excluding tert-OH is 1. The monoisotopic (exact) mass is 473 g/mol. The van der Waals surface area contributed by atoms with Crippen LogP contribution < -0.4 is 10.6 Å². The van der Waals surface area contributed by atoms with E-state index in [1.54, 1.807) is 16.7 Å². The predicted molar refractivity (Wildman–Crippen MR) is 128 cm³/mol. The van der Waals surface area contributed by atoms with E-state index in [1.807, 2.05) is 51.1 Å². The fourth-order valence-electron chi connectivity index (χ4n) is 6.13. The molecule has 3 heterocycles. The molecular weight excluding hydrogens is 438 g/mol. The molecule has 33 heavy (non-hydrogen) atoms. The number of amides is 3. The van der Waals surface area contributed by atoms with E-state index in [1.165, 1.54) is 0 Å². The second-order valence-corrected chi connectivity index (χ2v) is 12.0. The van der Waals surface area contributed by atoms with Crippen molar-refractivity contribution in [3.8, 4) is 0 Å². The van der Waals surface area contributed by atoms with Gasteiger partial charge in [0.2, 0.25) is 17.7 Å². The smallest absolute Gasteiger partial charge is 0.244 e. The molecule has 180 valence electrons. The first kappa shape index (κ1) is 24.1. The second kappa shape index (κ2) is 8.95. The van der Waals surface area contributed by atoms with Gasteiger partial charge in [0.25, 0.3) is 0 Å². The van der Waals surface area contributed by atoms with Crippen molar-refractivity contribution in [2.24, 2.45) is 11.8 Å². The number of carbonyl (C=O) groups excluding carboxylic acids is 3. The Hall–Kier alpha value is -2.06. The van der Waals surface area contributed by atoms with Crippen LogP contribution >= 0.6 is 11.8 Å². The van der Waals surface area contributed by atoms with Crippen molar-refractivity contribution < 1.29 is 19.5 Å². The largest absolute Gasteiger partial charge is 0.394 e. The van der Waals surface area contributed by atoms with E-state index in [-0.39, 0.29) is 30.4 Å². The van der Waals surface area contributed by atoms with Crippen molar-refractivity contribution in [2.45, 2.75) is 81.1 Å². The summed E-state index contributed by atoms with van der Waals surface area (Å²) in [5, 5.41) is 16.1. The zero-order chi connectivity index (χ0) is 24.0. The van der Waals surface area contributed by atoms with Crippen molar-refractivity contribution in [2.75, 3.05) is 6.61 Å². The molecule has 4 rings (SSSR count). The SMILES string of the molecule is CC[C@@H](CO)N1C(=O)[C@@H]2[C@@H](C(=O)NCc3ccccc3)[C@@]3(C)CCC2(S3)C1C(=O)NC(C)C. The molecule has 2 bridgehead atoms. The summed E-state index contributed by atoms with van der Waals surface area (Å²) in [6.07, 6.45) is 2.03. The Morgan fingerprint density at radius 2 is 1.91 bits per heavy atom. The number of hydrogen-bond donors (Lipinski definition) is 3.